The normalized spacial score (nSPS) is 10.2. The first kappa shape index (κ1) is 15.3. The molecule has 0 saturated carbocycles. The summed E-state index contributed by atoms with van der Waals surface area (Å²) in [6.07, 6.45) is 0. The van der Waals surface area contributed by atoms with Crippen LogP contribution in [0.15, 0.2) is 11.0 Å². The summed E-state index contributed by atoms with van der Waals surface area (Å²) >= 11 is 4.17. The van der Waals surface area contributed by atoms with E-state index in [1.54, 1.807) is 0 Å². The fraction of sp³-hybridized carbons (Fsp3) is 0.286. The van der Waals surface area contributed by atoms with Gasteiger partial charge in [-0.3, -0.25) is 19.2 Å². The second kappa shape index (κ2) is 5.48. The lowest BCUT2D eigenvalue weighted by Gasteiger charge is -2.14. The van der Waals surface area contributed by atoms with Crippen molar-refractivity contribution >= 4 is 35.8 Å². The van der Waals surface area contributed by atoms with Gasteiger partial charge in [-0.2, -0.15) is 0 Å². The summed E-state index contributed by atoms with van der Waals surface area (Å²) in [5, 5.41) is 0. The minimum atomic E-state index is -0.368. The van der Waals surface area contributed by atoms with Crippen LogP contribution in [0.5, 0.6) is 0 Å². The summed E-state index contributed by atoms with van der Waals surface area (Å²) in [5.41, 5.74) is 0.414. The average molecular weight is 278 g/mol. The number of carbonyl (C=O) groups excluding carboxylic acids is 4. The molecule has 4 nitrogen and oxygen atoms in total. The smallest absolute Gasteiger partial charge is 0.161 e. The molecule has 0 spiro atoms. The molecule has 0 radical (unpaired) electrons. The maximum absolute atomic E-state index is 11.7. The van der Waals surface area contributed by atoms with Crippen molar-refractivity contribution in [3.63, 3.8) is 0 Å². The van der Waals surface area contributed by atoms with Crippen molar-refractivity contribution in [1.29, 1.82) is 0 Å². The van der Waals surface area contributed by atoms with Gasteiger partial charge in [-0.05, 0) is 33.8 Å². The Morgan fingerprint density at radius 1 is 0.737 bits per heavy atom. The molecule has 0 bridgehead atoms. The molecule has 19 heavy (non-hydrogen) atoms. The molecule has 0 atom stereocenters. The Morgan fingerprint density at radius 2 is 1.05 bits per heavy atom. The van der Waals surface area contributed by atoms with E-state index >= 15 is 0 Å². The van der Waals surface area contributed by atoms with Gasteiger partial charge in [0.15, 0.2) is 23.1 Å². The summed E-state index contributed by atoms with van der Waals surface area (Å²) in [5.74, 6) is -1.43. The zero-order valence-corrected chi connectivity index (χ0v) is 12.1. The van der Waals surface area contributed by atoms with Gasteiger partial charge >= 0.3 is 0 Å². The minimum absolute atomic E-state index is 0.0889. The third-order valence-corrected chi connectivity index (χ3v) is 3.21. The van der Waals surface area contributed by atoms with Gasteiger partial charge in [0, 0.05) is 27.1 Å². The highest BCUT2D eigenvalue weighted by molar-refractivity contribution is 7.80. The summed E-state index contributed by atoms with van der Waals surface area (Å²) in [4.78, 5) is 46.6. The Morgan fingerprint density at radius 3 is 1.26 bits per heavy atom. The highest BCUT2D eigenvalue weighted by atomic mass is 32.1. The van der Waals surface area contributed by atoms with E-state index in [1.807, 2.05) is 0 Å². The molecule has 1 aromatic carbocycles. The second-order valence-corrected chi connectivity index (χ2v) is 4.74. The Bertz CT molecular complexity index is 564. The monoisotopic (exact) mass is 278 g/mol. The fourth-order valence-electron chi connectivity index (χ4n) is 1.94. The van der Waals surface area contributed by atoms with E-state index in [0.717, 1.165) is 0 Å². The van der Waals surface area contributed by atoms with Crippen molar-refractivity contribution in [3.05, 3.63) is 28.3 Å². The maximum Gasteiger partial charge on any atom is 0.161 e. The van der Waals surface area contributed by atoms with E-state index in [1.165, 1.54) is 33.8 Å². The van der Waals surface area contributed by atoms with Gasteiger partial charge < -0.3 is 0 Å². The summed E-state index contributed by atoms with van der Waals surface area (Å²) < 4.78 is 0. The number of hydrogen-bond donors (Lipinski definition) is 1. The molecule has 0 aliphatic carbocycles. The van der Waals surface area contributed by atoms with Crippen LogP contribution in [0.3, 0.4) is 0 Å². The lowest BCUT2D eigenvalue weighted by molar-refractivity contribution is 0.0966. The van der Waals surface area contributed by atoms with E-state index < -0.39 is 0 Å². The number of hydrogen-bond acceptors (Lipinski definition) is 5. The predicted molar refractivity (Wildman–Crippen MR) is 73.7 cm³/mol. The van der Waals surface area contributed by atoms with Crippen LogP contribution < -0.4 is 0 Å². The maximum atomic E-state index is 11.7. The summed E-state index contributed by atoms with van der Waals surface area (Å²) in [6.45, 7) is 5.18. The Hall–Kier alpha value is -1.75. The van der Waals surface area contributed by atoms with Gasteiger partial charge in [0.2, 0.25) is 0 Å². The molecule has 0 aromatic heterocycles. The molecule has 0 N–H and O–H groups in total. The van der Waals surface area contributed by atoms with Gasteiger partial charge in [0.1, 0.15) is 0 Å². The summed E-state index contributed by atoms with van der Waals surface area (Å²) in [6, 6.07) is 1.30. The van der Waals surface area contributed by atoms with Crippen LogP contribution in [-0.2, 0) is 0 Å². The van der Waals surface area contributed by atoms with Gasteiger partial charge in [0.25, 0.3) is 0 Å². The number of thiol groups is 1. The first-order valence-corrected chi connectivity index (χ1v) is 6.06. The van der Waals surface area contributed by atoms with E-state index in [4.69, 9.17) is 0 Å². The van der Waals surface area contributed by atoms with Crippen molar-refractivity contribution in [3.8, 4) is 0 Å². The van der Waals surface area contributed by atoms with E-state index in [0.29, 0.717) is 0 Å². The molecule has 0 unspecified atom stereocenters. The quantitative estimate of drug-likeness (QED) is 0.679. The Balaban J connectivity index is 3.91. The largest absolute Gasteiger partial charge is 0.294 e. The second-order valence-electron chi connectivity index (χ2n) is 4.30. The van der Waals surface area contributed by atoms with Crippen LogP contribution in [-0.4, -0.2) is 23.1 Å². The lowest BCUT2D eigenvalue weighted by Crippen LogP contribution is -2.14. The van der Waals surface area contributed by atoms with E-state index in [-0.39, 0.29) is 50.3 Å². The number of benzene rings is 1. The molecule has 0 saturated heterocycles. The molecule has 0 fully saturated rings. The number of ketones is 4. The van der Waals surface area contributed by atoms with Crippen LogP contribution in [0, 0.1) is 0 Å². The highest BCUT2D eigenvalue weighted by Crippen LogP contribution is 2.28. The SMILES string of the molecule is CC(=O)c1cc(C(C)=O)c(C(C)=O)c(S)c1C(C)=O. The van der Waals surface area contributed by atoms with E-state index in [2.05, 4.69) is 12.6 Å². The van der Waals surface area contributed by atoms with Crippen molar-refractivity contribution in [2.75, 3.05) is 0 Å². The number of rotatable bonds is 4. The van der Waals surface area contributed by atoms with Crippen LogP contribution in [0.1, 0.15) is 69.1 Å². The molecular weight excluding hydrogens is 264 g/mol. The van der Waals surface area contributed by atoms with Crippen molar-refractivity contribution in [1.82, 2.24) is 0 Å². The number of Topliss-reactive ketones (excluding diaryl/α,β-unsaturated/α-hetero) is 4. The highest BCUT2D eigenvalue weighted by Gasteiger charge is 2.24. The first-order valence-electron chi connectivity index (χ1n) is 5.62. The molecule has 1 aromatic rings. The molecule has 1 rings (SSSR count). The van der Waals surface area contributed by atoms with Crippen LogP contribution in [0.25, 0.3) is 0 Å². The van der Waals surface area contributed by atoms with Crippen molar-refractivity contribution in [2.45, 2.75) is 32.6 Å². The van der Waals surface area contributed by atoms with Crippen LogP contribution in [0.2, 0.25) is 0 Å². The summed E-state index contributed by atoms with van der Waals surface area (Å²) in [7, 11) is 0. The first-order chi connectivity index (χ1) is 8.68. The zero-order valence-electron chi connectivity index (χ0n) is 11.2. The van der Waals surface area contributed by atoms with Crippen LogP contribution >= 0.6 is 12.6 Å². The third kappa shape index (κ3) is 2.81. The molecule has 0 amide bonds. The topological polar surface area (TPSA) is 68.3 Å². The van der Waals surface area contributed by atoms with Gasteiger partial charge in [-0.15, -0.1) is 12.6 Å². The lowest BCUT2D eigenvalue weighted by atomic mass is 9.91. The average Bonchev–Trinajstić information content (AvgIpc) is 2.25. The van der Waals surface area contributed by atoms with Crippen molar-refractivity contribution in [2.24, 2.45) is 0 Å². The minimum Gasteiger partial charge on any atom is -0.294 e. The third-order valence-electron chi connectivity index (χ3n) is 2.76. The Kier molecular flexibility index (Phi) is 4.42. The zero-order chi connectivity index (χ0) is 14.9. The standard InChI is InChI=1S/C14H14O4S/c1-6(15)10-5-11(7(2)16)13(9(4)18)14(19)12(10)8(3)17/h5,19H,1-4H3. The number of carbonyl (C=O) groups is 4. The van der Waals surface area contributed by atoms with Crippen LogP contribution in [0.4, 0.5) is 0 Å². The molecule has 5 heteroatoms. The van der Waals surface area contributed by atoms with Crippen molar-refractivity contribution < 1.29 is 19.2 Å². The van der Waals surface area contributed by atoms with E-state index in [9.17, 15) is 19.2 Å². The fourth-order valence-corrected chi connectivity index (χ4v) is 2.49. The van der Waals surface area contributed by atoms with Gasteiger partial charge in [0.05, 0.1) is 0 Å². The predicted octanol–water partition coefficient (Wildman–Crippen LogP) is 2.79. The Labute approximate surface area is 116 Å². The van der Waals surface area contributed by atoms with Gasteiger partial charge in [-0.25, -0.2) is 0 Å². The molecule has 0 aliphatic rings. The molecular formula is C14H14O4S. The molecule has 0 heterocycles. The molecule has 0 aliphatic heterocycles. The molecule has 100 valence electrons. The van der Waals surface area contributed by atoms with Gasteiger partial charge in [-0.1, -0.05) is 0 Å².